The molecule has 0 saturated carbocycles. The Morgan fingerprint density at radius 2 is 1.80 bits per heavy atom. The van der Waals surface area contributed by atoms with Crippen LogP contribution in [-0.2, 0) is 14.3 Å². The summed E-state index contributed by atoms with van der Waals surface area (Å²) in [6, 6.07) is 15.7. The molecule has 2 aromatic rings. The zero-order valence-electron chi connectivity index (χ0n) is 20.9. The van der Waals surface area contributed by atoms with Crippen LogP contribution in [0.1, 0.15) is 63.0 Å². The molecule has 1 aliphatic carbocycles. The summed E-state index contributed by atoms with van der Waals surface area (Å²) >= 11 is 0. The Morgan fingerprint density at radius 1 is 1.03 bits per heavy atom. The lowest BCUT2D eigenvalue weighted by atomic mass is 9.71. The summed E-state index contributed by atoms with van der Waals surface area (Å²) in [5.74, 6) is 0.381. The number of benzene rings is 2. The third-order valence-corrected chi connectivity index (χ3v) is 6.58. The van der Waals surface area contributed by atoms with E-state index in [2.05, 4.69) is 17.4 Å². The molecule has 0 unspecified atom stereocenters. The molecule has 6 heteroatoms. The van der Waals surface area contributed by atoms with E-state index in [9.17, 15) is 9.59 Å². The van der Waals surface area contributed by atoms with Gasteiger partial charge in [-0.1, -0.05) is 43.3 Å². The van der Waals surface area contributed by atoms with Gasteiger partial charge in [-0.3, -0.25) is 4.79 Å². The zero-order chi connectivity index (χ0) is 24.9. The molecule has 0 bridgehead atoms. The zero-order valence-corrected chi connectivity index (χ0v) is 20.9. The maximum absolute atomic E-state index is 13.7. The second kappa shape index (κ2) is 10.8. The van der Waals surface area contributed by atoms with Crippen molar-refractivity contribution < 1.29 is 23.8 Å². The van der Waals surface area contributed by atoms with E-state index in [0.717, 1.165) is 23.2 Å². The third kappa shape index (κ3) is 4.97. The molecule has 0 spiro atoms. The minimum absolute atomic E-state index is 0.0391. The molecule has 1 heterocycles. The van der Waals surface area contributed by atoms with Crippen LogP contribution in [-0.4, -0.2) is 32.1 Å². The van der Waals surface area contributed by atoms with E-state index in [1.54, 1.807) is 14.0 Å². The van der Waals surface area contributed by atoms with Crippen LogP contribution in [0, 0.1) is 0 Å². The molecule has 4 rings (SSSR count). The molecule has 2 atom stereocenters. The van der Waals surface area contributed by atoms with E-state index in [1.807, 2.05) is 50.2 Å². The van der Waals surface area contributed by atoms with Crippen LogP contribution in [0.4, 0.5) is 0 Å². The minimum atomic E-state index is -0.538. The van der Waals surface area contributed by atoms with Crippen LogP contribution in [0.5, 0.6) is 11.5 Å². The number of carbonyl (C=O) groups is 2. The Kier molecular flexibility index (Phi) is 7.59. The van der Waals surface area contributed by atoms with Gasteiger partial charge in [-0.05, 0) is 55.9 Å². The van der Waals surface area contributed by atoms with Gasteiger partial charge in [-0.2, -0.15) is 0 Å². The molecule has 2 aliphatic rings. The number of esters is 1. The van der Waals surface area contributed by atoms with Crippen LogP contribution < -0.4 is 14.8 Å². The van der Waals surface area contributed by atoms with E-state index in [4.69, 9.17) is 14.2 Å². The van der Waals surface area contributed by atoms with E-state index in [1.165, 1.54) is 0 Å². The molecule has 2 aromatic carbocycles. The van der Waals surface area contributed by atoms with Gasteiger partial charge in [0.25, 0.3) is 0 Å². The van der Waals surface area contributed by atoms with Gasteiger partial charge in [0.05, 0.1) is 25.9 Å². The molecule has 0 fully saturated rings. The fraction of sp³-hybridized carbons (Fsp3) is 0.379. The van der Waals surface area contributed by atoms with E-state index >= 15 is 0 Å². The summed E-state index contributed by atoms with van der Waals surface area (Å²) in [7, 11) is 1.59. The van der Waals surface area contributed by atoms with E-state index in [-0.39, 0.29) is 18.3 Å². The highest BCUT2D eigenvalue weighted by Gasteiger charge is 2.41. The topological polar surface area (TPSA) is 73.9 Å². The number of allylic oxidation sites excluding steroid dienone is 3. The van der Waals surface area contributed by atoms with Crippen LogP contribution in [0.3, 0.4) is 0 Å². The van der Waals surface area contributed by atoms with Gasteiger partial charge < -0.3 is 19.5 Å². The number of rotatable bonds is 8. The number of ether oxygens (including phenoxy) is 3. The molecule has 6 nitrogen and oxygen atoms in total. The van der Waals surface area contributed by atoms with E-state index in [0.29, 0.717) is 47.8 Å². The second-order valence-electron chi connectivity index (χ2n) is 8.91. The fourth-order valence-electron chi connectivity index (χ4n) is 5.01. The average molecular weight is 476 g/mol. The molecule has 1 N–H and O–H groups in total. The lowest BCUT2D eigenvalue weighted by molar-refractivity contribution is -0.138. The summed E-state index contributed by atoms with van der Waals surface area (Å²) in [6.07, 6.45) is 1.97. The predicted molar refractivity (Wildman–Crippen MR) is 134 cm³/mol. The molecule has 1 aliphatic heterocycles. The highest BCUT2D eigenvalue weighted by atomic mass is 16.5. The molecule has 0 aromatic heterocycles. The molecule has 184 valence electrons. The number of dihydropyridines is 1. The Hall–Kier alpha value is -3.54. The first-order chi connectivity index (χ1) is 17.0. The van der Waals surface area contributed by atoms with Crippen LogP contribution in [0.2, 0.25) is 0 Å². The number of methoxy groups -OCH3 is 1. The number of carbonyl (C=O) groups excluding carboxylic acids is 2. The maximum Gasteiger partial charge on any atom is 0.336 e. The van der Waals surface area contributed by atoms with Crippen molar-refractivity contribution in [2.45, 2.75) is 51.9 Å². The van der Waals surface area contributed by atoms with E-state index < -0.39 is 11.9 Å². The fourth-order valence-corrected chi connectivity index (χ4v) is 5.01. The van der Waals surface area contributed by atoms with Crippen molar-refractivity contribution in [2.75, 3.05) is 20.3 Å². The number of hydrogen-bond donors (Lipinski definition) is 1. The van der Waals surface area contributed by atoms with Gasteiger partial charge in [-0.15, -0.1) is 0 Å². The smallest absolute Gasteiger partial charge is 0.336 e. The van der Waals surface area contributed by atoms with Gasteiger partial charge in [0.1, 0.15) is 0 Å². The van der Waals surface area contributed by atoms with Crippen molar-refractivity contribution >= 4 is 11.8 Å². The first-order valence-corrected chi connectivity index (χ1v) is 12.2. The summed E-state index contributed by atoms with van der Waals surface area (Å²) in [4.78, 5) is 26.8. The van der Waals surface area contributed by atoms with Crippen LogP contribution in [0.15, 0.2) is 71.1 Å². The lowest BCUT2D eigenvalue weighted by Gasteiger charge is -2.36. The Balaban J connectivity index is 1.80. The number of Topliss-reactive ketones (excluding diaryl/α,β-unsaturated/α-hetero) is 1. The summed E-state index contributed by atoms with van der Waals surface area (Å²) < 4.78 is 16.8. The van der Waals surface area contributed by atoms with Crippen LogP contribution >= 0.6 is 0 Å². The monoisotopic (exact) mass is 475 g/mol. The third-order valence-electron chi connectivity index (χ3n) is 6.58. The molecular weight excluding hydrogens is 442 g/mol. The van der Waals surface area contributed by atoms with Gasteiger partial charge >= 0.3 is 5.97 Å². The standard InChI is InChI=1S/C29H33NO5/c1-5-14-35-24-13-12-20(17-25(24)33-4)27-26(29(32)34-6-2)18(3)30-22-15-21(16-23(31)28(22)27)19-10-8-7-9-11-19/h7-13,17,21,27,30H,5-6,14-16H2,1-4H3/t21-,27+/m0/s1. The normalized spacial score (nSPS) is 19.7. The van der Waals surface area contributed by atoms with Crippen molar-refractivity contribution in [3.63, 3.8) is 0 Å². The van der Waals surface area contributed by atoms with Gasteiger partial charge in [0.2, 0.25) is 0 Å². The SMILES string of the molecule is CCCOc1ccc([C@@H]2C(C(=O)OCC)=C(C)NC3=C2C(=O)C[C@@H](c2ccccc2)C3)cc1OC. The quantitative estimate of drug-likeness (QED) is 0.515. The Morgan fingerprint density at radius 3 is 2.49 bits per heavy atom. The Labute approximate surface area is 207 Å². The van der Waals surface area contributed by atoms with Crippen molar-refractivity contribution in [1.29, 1.82) is 0 Å². The summed E-state index contributed by atoms with van der Waals surface area (Å²) in [6.45, 7) is 6.52. The van der Waals surface area contributed by atoms with Crippen LogP contribution in [0.25, 0.3) is 0 Å². The van der Waals surface area contributed by atoms with Crippen molar-refractivity contribution in [2.24, 2.45) is 0 Å². The van der Waals surface area contributed by atoms with Gasteiger partial charge in [-0.25, -0.2) is 4.79 Å². The lowest BCUT2D eigenvalue weighted by Crippen LogP contribution is -2.36. The molecule has 35 heavy (non-hydrogen) atoms. The first kappa shape index (κ1) is 24.6. The number of nitrogens with one attached hydrogen (secondary N) is 1. The molecule has 0 amide bonds. The molecule has 0 radical (unpaired) electrons. The maximum atomic E-state index is 13.7. The van der Waals surface area contributed by atoms with Gasteiger partial charge in [0, 0.05) is 29.3 Å². The molecular formula is C29H33NO5. The first-order valence-electron chi connectivity index (χ1n) is 12.2. The largest absolute Gasteiger partial charge is 0.493 e. The number of ketones is 1. The molecule has 0 saturated heterocycles. The van der Waals surface area contributed by atoms with Crippen molar-refractivity contribution in [3.8, 4) is 11.5 Å². The average Bonchev–Trinajstić information content (AvgIpc) is 2.87. The highest BCUT2D eigenvalue weighted by molar-refractivity contribution is 6.04. The Bertz CT molecular complexity index is 1160. The predicted octanol–water partition coefficient (Wildman–Crippen LogP) is 5.41. The number of hydrogen-bond acceptors (Lipinski definition) is 6. The second-order valence-corrected chi connectivity index (χ2v) is 8.91. The van der Waals surface area contributed by atoms with Crippen molar-refractivity contribution in [3.05, 3.63) is 82.2 Å². The highest BCUT2D eigenvalue weighted by Crippen LogP contribution is 2.47. The summed E-state index contributed by atoms with van der Waals surface area (Å²) in [5.41, 5.74) is 4.61. The summed E-state index contributed by atoms with van der Waals surface area (Å²) in [5, 5.41) is 3.39. The van der Waals surface area contributed by atoms with Crippen molar-refractivity contribution in [1.82, 2.24) is 5.32 Å². The minimum Gasteiger partial charge on any atom is -0.493 e. The van der Waals surface area contributed by atoms with Gasteiger partial charge in [0.15, 0.2) is 17.3 Å².